The minimum atomic E-state index is -1.05. The SMILES string of the molecule is COC(C)CC(O)OC(C)=O. The van der Waals surface area contributed by atoms with Crippen molar-refractivity contribution in [1.29, 1.82) is 0 Å². The predicted octanol–water partition coefficient (Wildman–Crippen LogP) is 0.293. The smallest absolute Gasteiger partial charge is 0.304 e. The Morgan fingerprint density at radius 3 is 2.55 bits per heavy atom. The third-order valence-corrected chi connectivity index (χ3v) is 1.24. The van der Waals surface area contributed by atoms with Gasteiger partial charge >= 0.3 is 5.97 Å². The second kappa shape index (κ2) is 5.09. The molecule has 0 aromatic rings. The summed E-state index contributed by atoms with van der Waals surface area (Å²) < 4.78 is 9.31. The summed E-state index contributed by atoms with van der Waals surface area (Å²) in [4.78, 5) is 10.3. The highest BCUT2D eigenvalue weighted by Gasteiger charge is 2.11. The van der Waals surface area contributed by atoms with E-state index in [2.05, 4.69) is 4.74 Å². The lowest BCUT2D eigenvalue weighted by molar-refractivity contribution is -0.169. The predicted molar refractivity (Wildman–Crippen MR) is 38.9 cm³/mol. The lowest BCUT2D eigenvalue weighted by Gasteiger charge is -2.14. The van der Waals surface area contributed by atoms with Gasteiger partial charge in [-0.15, -0.1) is 0 Å². The maximum atomic E-state index is 10.3. The van der Waals surface area contributed by atoms with Crippen molar-refractivity contribution >= 4 is 5.97 Å². The van der Waals surface area contributed by atoms with Gasteiger partial charge in [0.2, 0.25) is 6.29 Å². The van der Waals surface area contributed by atoms with Crippen molar-refractivity contribution in [3.8, 4) is 0 Å². The fourth-order valence-corrected chi connectivity index (χ4v) is 0.620. The summed E-state index contributed by atoms with van der Waals surface area (Å²) >= 11 is 0. The number of ether oxygens (including phenoxy) is 2. The van der Waals surface area contributed by atoms with E-state index in [-0.39, 0.29) is 6.10 Å². The molecule has 2 unspecified atom stereocenters. The molecule has 0 rings (SSSR count). The molecule has 11 heavy (non-hydrogen) atoms. The van der Waals surface area contributed by atoms with Crippen LogP contribution in [0, 0.1) is 0 Å². The van der Waals surface area contributed by atoms with Crippen molar-refractivity contribution < 1.29 is 19.4 Å². The van der Waals surface area contributed by atoms with Gasteiger partial charge in [-0.25, -0.2) is 0 Å². The van der Waals surface area contributed by atoms with Gasteiger partial charge in [-0.2, -0.15) is 0 Å². The molecule has 0 spiro atoms. The lowest BCUT2D eigenvalue weighted by atomic mass is 10.3. The van der Waals surface area contributed by atoms with Gasteiger partial charge in [0, 0.05) is 20.5 Å². The molecule has 2 atom stereocenters. The Hall–Kier alpha value is -0.610. The van der Waals surface area contributed by atoms with Gasteiger partial charge in [0.15, 0.2) is 0 Å². The normalized spacial score (nSPS) is 15.6. The Labute approximate surface area is 66.1 Å². The van der Waals surface area contributed by atoms with Crippen LogP contribution in [0.1, 0.15) is 20.3 Å². The van der Waals surface area contributed by atoms with E-state index < -0.39 is 12.3 Å². The first-order valence-electron chi connectivity index (χ1n) is 3.44. The second-order valence-corrected chi connectivity index (χ2v) is 2.35. The molecule has 66 valence electrons. The van der Waals surface area contributed by atoms with Crippen molar-refractivity contribution in [2.45, 2.75) is 32.7 Å². The number of aliphatic hydroxyl groups excluding tert-OH is 1. The Balaban J connectivity index is 3.51. The Morgan fingerprint density at radius 1 is 1.64 bits per heavy atom. The lowest BCUT2D eigenvalue weighted by Crippen LogP contribution is -2.21. The third kappa shape index (κ3) is 5.82. The molecule has 0 saturated carbocycles. The second-order valence-electron chi connectivity index (χ2n) is 2.35. The molecule has 0 fully saturated rings. The minimum absolute atomic E-state index is 0.107. The maximum absolute atomic E-state index is 10.3. The topological polar surface area (TPSA) is 55.8 Å². The van der Waals surface area contributed by atoms with Gasteiger partial charge < -0.3 is 14.6 Å². The van der Waals surface area contributed by atoms with E-state index in [0.717, 1.165) is 0 Å². The molecule has 4 nitrogen and oxygen atoms in total. The van der Waals surface area contributed by atoms with Crippen LogP contribution in [0.25, 0.3) is 0 Å². The van der Waals surface area contributed by atoms with Gasteiger partial charge in [0.05, 0.1) is 6.10 Å². The van der Waals surface area contributed by atoms with Crippen molar-refractivity contribution in [2.75, 3.05) is 7.11 Å². The van der Waals surface area contributed by atoms with Crippen LogP contribution in [0.4, 0.5) is 0 Å². The Bertz CT molecular complexity index is 124. The standard InChI is InChI=1S/C7H14O4/c1-5(10-3)4-7(9)11-6(2)8/h5,7,9H,4H2,1-3H3. The number of hydrogen-bond donors (Lipinski definition) is 1. The van der Waals surface area contributed by atoms with Crippen molar-refractivity contribution in [2.24, 2.45) is 0 Å². The van der Waals surface area contributed by atoms with Gasteiger partial charge in [0.25, 0.3) is 0 Å². The monoisotopic (exact) mass is 162 g/mol. The molecule has 0 saturated heterocycles. The number of hydrogen-bond acceptors (Lipinski definition) is 4. The van der Waals surface area contributed by atoms with Crippen molar-refractivity contribution in [1.82, 2.24) is 0 Å². The molecule has 0 aliphatic carbocycles. The largest absolute Gasteiger partial charge is 0.436 e. The zero-order chi connectivity index (χ0) is 8.85. The van der Waals surface area contributed by atoms with Crippen LogP contribution in [-0.2, 0) is 14.3 Å². The van der Waals surface area contributed by atoms with Gasteiger partial charge in [-0.05, 0) is 6.92 Å². The van der Waals surface area contributed by atoms with E-state index in [9.17, 15) is 4.79 Å². The zero-order valence-electron chi connectivity index (χ0n) is 7.03. The molecule has 0 bridgehead atoms. The quantitative estimate of drug-likeness (QED) is 0.477. The summed E-state index contributed by atoms with van der Waals surface area (Å²) in [6, 6.07) is 0. The summed E-state index contributed by atoms with van der Waals surface area (Å²) in [7, 11) is 1.53. The molecule has 0 aliphatic rings. The van der Waals surface area contributed by atoms with E-state index in [1.165, 1.54) is 14.0 Å². The highest BCUT2D eigenvalue weighted by Crippen LogP contribution is 2.02. The van der Waals surface area contributed by atoms with Crippen LogP contribution >= 0.6 is 0 Å². The molecule has 4 heteroatoms. The number of carbonyl (C=O) groups excluding carboxylic acids is 1. The first kappa shape index (κ1) is 10.4. The van der Waals surface area contributed by atoms with E-state index in [1.807, 2.05) is 0 Å². The first-order chi connectivity index (χ1) is 5.06. The summed E-state index contributed by atoms with van der Waals surface area (Å²) in [6.45, 7) is 3.04. The Morgan fingerprint density at radius 2 is 2.18 bits per heavy atom. The molecule has 0 aliphatic heterocycles. The molecular formula is C7H14O4. The average molecular weight is 162 g/mol. The molecule has 0 amide bonds. The van der Waals surface area contributed by atoms with E-state index >= 15 is 0 Å². The van der Waals surface area contributed by atoms with E-state index in [1.54, 1.807) is 6.92 Å². The number of carbonyl (C=O) groups is 1. The van der Waals surface area contributed by atoms with Crippen LogP contribution in [0.15, 0.2) is 0 Å². The Kier molecular flexibility index (Phi) is 4.81. The van der Waals surface area contributed by atoms with Crippen LogP contribution in [0.3, 0.4) is 0 Å². The average Bonchev–Trinajstić information content (AvgIpc) is 1.85. The highest BCUT2D eigenvalue weighted by molar-refractivity contribution is 5.65. The van der Waals surface area contributed by atoms with Crippen molar-refractivity contribution in [3.05, 3.63) is 0 Å². The number of rotatable bonds is 4. The molecular weight excluding hydrogens is 148 g/mol. The van der Waals surface area contributed by atoms with Crippen LogP contribution in [-0.4, -0.2) is 30.6 Å². The maximum Gasteiger partial charge on any atom is 0.304 e. The molecule has 0 aromatic heterocycles. The third-order valence-electron chi connectivity index (χ3n) is 1.24. The molecule has 0 heterocycles. The number of aliphatic hydroxyl groups is 1. The fourth-order valence-electron chi connectivity index (χ4n) is 0.620. The van der Waals surface area contributed by atoms with Crippen LogP contribution in [0.5, 0.6) is 0 Å². The van der Waals surface area contributed by atoms with Crippen LogP contribution < -0.4 is 0 Å². The van der Waals surface area contributed by atoms with Gasteiger partial charge in [0.1, 0.15) is 0 Å². The summed E-state index contributed by atoms with van der Waals surface area (Å²) in [5, 5.41) is 9.00. The van der Waals surface area contributed by atoms with Gasteiger partial charge in [-0.3, -0.25) is 4.79 Å². The fraction of sp³-hybridized carbons (Fsp3) is 0.857. The summed E-state index contributed by atoms with van der Waals surface area (Å²) in [5.74, 6) is -0.485. The van der Waals surface area contributed by atoms with Gasteiger partial charge in [-0.1, -0.05) is 0 Å². The van der Waals surface area contributed by atoms with E-state index in [4.69, 9.17) is 9.84 Å². The first-order valence-corrected chi connectivity index (χ1v) is 3.44. The molecule has 0 aromatic carbocycles. The summed E-state index contributed by atoms with van der Waals surface area (Å²) in [5.41, 5.74) is 0. The minimum Gasteiger partial charge on any atom is -0.436 e. The van der Waals surface area contributed by atoms with Crippen molar-refractivity contribution in [3.63, 3.8) is 0 Å². The zero-order valence-corrected chi connectivity index (χ0v) is 7.03. The van der Waals surface area contributed by atoms with E-state index in [0.29, 0.717) is 6.42 Å². The number of esters is 1. The molecule has 0 radical (unpaired) electrons. The summed E-state index contributed by atoms with van der Waals surface area (Å²) in [6.07, 6.45) is -0.859. The molecule has 1 N–H and O–H groups in total. The number of methoxy groups -OCH3 is 1. The van der Waals surface area contributed by atoms with Crippen LogP contribution in [0.2, 0.25) is 0 Å². The highest BCUT2D eigenvalue weighted by atomic mass is 16.6.